The molecule has 1 saturated heterocycles. The predicted octanol–water partition coefficient (Wildman–Crippen LogP) is 3.37. The molecule has 1 fully saturated rings. The molecule has 23 heavy (non-hydrogen) atoms. The summed E-state index contributed by atoms with van der Waals surface area (Å²) in [4.78, 5) is 15.0. The summed E-state index contributed by atoms with van der Waals surface area (Å²) in [5.74, 6) is 0.0923. The highest BCUT2D eigenvalue weighted by Gasteiger charge is 2.12. The minimum Gasteiger partial charge on any atom is -0.379 e. The normalized spacial score (nSPS) is 15.6. The highest BCUT2D eigenvalue weighted by molar-refractivity contribution is 6.09. The van der Waals surface area contributed by atoms with Crippen LogP contribution in [0.4, 0.5) is 0 Å². The van der Waals surface area contributed by atoms with E-state index in [-0.39, 0.29) is 5.78 Å². The number of hydrogen-bond donors (Lipinski definition) is 0. The average Bonchev–Trinajstić information content (AvgIpc) is 2.55. The van der Waals surface area contributed by atoms with E-state index >= 15 is 0 Å². The second-order valence-electron chi connectivity index (χ2n) is 6.29. The molecule has 3 nitrogen and oxygen atoms in total. The molecule has 2 aromatic carbocycles. The molecule has 1 aliphatic rings. The minimum atomic E-state index is 0.0923. The zero-order valence-electron chi connectivity index (χ0n) is 13.8. The molecule has 3 heteroatoms. The molecule has 1 aliphatic heterocycles. The fraction of sp³-hybridized carbons (Fsp3) is 0.350. The van der Waals surface area contributed by atoms with Crippen molar-refractivity contribution < 1.29 is 9.53 Å². The lowest BCUT2D eigenvalue weighted by molar-refractivity contribution is 0.0342. The highest BCUT2D eigenvalue weighted by atomic mass is 16.5. The highest BCUT2D eigenvalue weighted by Crippen LogP contribution is 2.16. The summed E-state index contributed by atoms with van der Waals surface area (Å²) in [6.45, 7) is 8.53. The van der Waals surface area contributed by atoms with E-state index in [4.69, 9.17) is 4.74 Å². The first kappa shape index (κ1) is 15.9. The van der Waals surface area contributed by atoms with Crippen LogP contribution in [0.3, 0.4) is 0 Å². The Labute approximate surface area is 137 Å². The molecule has 0 N–H and O–H groups in total. The molecule has 0 saturated carbocycles. The standard InChI is InChI=1S/C20H23NO2/c1-15-11-16(2)13-19(12-15)20(22)18-5-3-17(4-6-18)14-21-7-9-23-10-8-21/h3-6,11-13H,7-10,14H2,1-2H3. The van der Waals surface area contributed by atoms with Crippen LogP contribution in [0.1, 0.15) is 32.6 Å². The van der Waals surface area contributed by atoms with Crippen molar-refractivity contribution in [2.45, 2.75) is 20.4 Å². The van der Waals surface area contributed by atoms with E-state index in [0.29, 0.717) is 0 Å². The van der Waals surface area contributed by atoms with Gasteiger partial charge in [-0.3, -0.25) is 9.69 Å². The molecule has 1 heterocycles. The van der Waals surface area contributed by atoms with Crippen molar-refractivity contribution in [1.82, 2.24) is 4.90 Å². The number of ketones is 1. The van der Waals surface area contributed by atoms with Gasteiger partial charge in [0.2, 0.25) is 0 Å². The van der Waals surface area contributed by atoms with Crippen LogP contribution in [-0.2, 0) is 11.3 Å². The fourth-order valence-corrected chi connectivity index (χ4v) is 3.05. The first-order valence-corrected chi connectivity index (χ1v) is 8.14. The van der Waals surface area contributed by atoms with Crippen LogP contribution in [-0.4, -0.2) is 37.0 Å². The monoisotopic (exact) mass is 309 g/mol. The zero-order valence-corrected chi connectivity index (χ0v) is 13.8. The average molecular weight is 309 g/mol. The number of rotatable bonds is 4. The topological polar surface area (TPSA) is 29.5 Å². The van der Waals surface area contributed by atoms with Gasteiger partial charge in [0.25, 0.3) is 0 Å². The predicted molar refractivity (Wildman–Crippen MR) is 91.9 cm³/mol. The minimum absolute atomic E-state index is 0.0923. The third kappa shape index (κ3) is 4.06. The third-order valence-electron chi connectivity index (χ3n) is 4.21. The Balaban J connectivity index is 1.72. The molecular formula is C20H23NO2. The van der Waals surface area contributed by atoms with Crippen LogP contribution in [0.2, 0.25) is 0 Å². The van der Waals surface area contributed by atoms with Crippen molar-refractivity contribution in [2.75, 3.05) is 26.3 Å². The lowest BCUT2D eigenvalue weighted by atomic mass is 9.98. The molecule has 0 atom stereocenters. The molecule has 0 spiro atoms. The van der Waals surface area contributed by atoms with E-state index in [9.17, 15) is 4.79 Å². The molecule has 0 bridgehead atoms. The van der Waals surface area contributed by atoms with Gasteiger partial charge < -0.3 is 4.74 Å². The first-order chi connectivity index (χ1) is 11.1. The maximum atomic E-state index is 12.6. The number of nitrogens with zero attached hydrogens (tertiary/aromatic N) is 1. The number of morpholine rings is 1. The van der Waals surface area contributed by atoms with E-state index in [2.05, 4.69) is 23.1 Å². The SMILES string of the molecule is Cc1cc(C)cc(C(=O)c2ccc(CN3CCOCC3)cc2)c1. The second-order valence-corrected chi connectivity index (χ2v) is 6.29. The Bertz CT molecular complexity index is 665. The van der Waals surface area contributed by atoms with Crippen LogP contribution >= 0.6 is 0 Å². The molecule has 2 aromatic rings. The summed E-state index contributed by atoms with van der Waals surface area (Å²) < 4.78 is 5.37. The number of aryl methyl sites for hydroxylation is 2. The van der Waals surface area contributed by atoms with E-state index in [1.54, 1.807) is 0 Å². The molecule has 0 aliphatic carbocycles. The number of ether oxygens (including phenoxy) is 1. The third-order valence-corrected chi connectivity index (χ3v) is 4.21. The van der Waals surface area contributed by atoms with Crippen LogP contribution in [0.15, 0.2) is 42.5 Å². The smallest absolute Gasteiger partial charge is 0.193 e. The lowest BCUT2D eigenvalue weighted by Gasteiger charge is -2.26. The number of benzene rings is 2. The summed E-state index contributed by atoms with van der Waals surface area (Å²) in [6.07, 6.45) is 0. The van der Waals surface area contributed by atoms with Gasteiger partial charge in [0.05, 0.1) is 13.2 Å². The van der Waals surface area contributed by atoms with E-state index in [0.717, 1.165) is 55.1 Å². The Morgan fingerprint density at radius 3 is 2.17 bits per heavy atom. The van der Waals surface area contributed by atoms with Gasteiger partial charge in [0.1, 0.15) is 0 Å². The molecule has 0 radical (unpaired) electrons. The molecular weight excluding hydrogens is 286 g/mol. The Morgan fingerprint density at radius 1 is 0.957 bits per heavy atom. The van der Waals surface area contributed by atoms with Crippen LogP contribution in [0.5, 0.6) is 0 Å². The Kier molecular flexibility index (Phi) is 4.89. The van der Waals surface area contributed by atoms with Crippen molar-refractivity contribution in [3.63, 3.8) is 0 Å². The summed E-state index contributed by atoms with van der Waals surface area (Å²) in [5, 5.41) is 0. The van der Waals surface area contributed by atoms with Gasteiger partial charge in [-0.25, -0.2) is 0 Å². The van der Waals surface area contributed by atoms with Crippen molar-refractivity contribution in [3.05, 3.63) is 70.3 Å². The quantitative estimate of drug-likeness (QED) is 0.811. The van der Waals surface area contributed by atoms with Gasteiger partial charge in [-0.1, -0.05) is 41.5 Å². The Morgan fingerprint density at radius 2 is 1.57 bits per heavy atom. The number of hydrogen-bond acceptors (Lipinski definition) is 3. The van der Waals surface area contributed by atoms with Gasteiger partial charge in [-0.15, -0.1) is 0 Å². The summed E-state index contributed by atoms with van der Waals surface area (Å²) in [6, 6.07) is 14.0. The zero-order chi connectivity index (χ0) is 16.2. The van der Waals surface area contributed by atoms with Crippen LogP contribution in [0, 0.1) is 13.8 Å². The van der Waals surface area contributed by atoms with Gasteiger partial charge in [-0.2, -0.15) is 0 Å². The maximum absolute atomic E-state index is 12.6. The van der Waals surface area contributed by atoms with Crippen molar-refractivity contribution >= 4 is 5.78 Å². The molecule has 0 aromatic heterocycles. The van der Waals surface area contributed by atoms with Crippen LogP contribution in [0.25, 0.3) is 0 Å². The van der Waals surface area contributed by atoms with Crippen molar-refractivity contribution in [3.8, 4) is 0 Å². The van der Waals surface area contributed by atoms with Crippen molar-refractivity contribution in [1.29, 1.82) is 0 Å². The largest absolute Gasteiger partial charge is 0.379 e. The summed E-state index contributed by atoms with van der Waals surface area (Å²) in [7, 11) is 0. The Hall–Kier alpha value is -1.97. The molecule has 0 amide bonds. The van der Waals surface area contributed by atoms with Crippen molar-refractivity contribution in [2.24, 2.45) is 0 Å². The number of carbonyl (C=O) groups is 1. The second kappa shape index (κ2) is 7.07. The van der Waals surface area contributed by atoms with Gasteiger partial charge in [0, 0.05) is 30.8 Å². The molecule has 3 rings (SSSR count). The van der Waals surface area contributed by atoms with E-state index < -0.39 is 0 Å². The van der Waals surface area contributed by atoms with Gasteiger partial charge in [0.15, 0.2) is 5.78 Å². The first-order valence-electron chi connectivity index (χ1n) is 8.14. The summed E-state index contributed by atoms with van der Waals surface area (Å²) >= 11 is 0. The molecule has 120 valence electrons. The van der Waals surface area contributed by atoms with E-state index in [1.165, 1.54) is 5.56 Å². The summed E-state index contributed by atoms with van der Waals surface area (Å²) in [5.41, 5.74) is 5.00. The molecule has 0 unspecified atom stereocenters. The van der Waals surface area contributed by atoms with Gasteiger partial charge in [-0.05, 0) is 31.5 Å². The number of carbonyl (C=O) groups excluding carboxylic acids is 1. The lowest BCUT2D eigenvalue weighted by Crippen LogP contribution is -2.35. The van der Waals surface area contributed by atoms with Gasteiger partial charge >= 0.3 is 0 Å². The maximum Gasteiger partial charge on any atom is 0.193 e. The van der Waals surface area contributed by atoms with Crippen LogP contribution < -0.4 is 0 Å². The van der Waals surface area contributed by atoms with E-state index in [1.807, 2.05) is 38.1 Å². The fourth-order valence-electron chi connectivity index (χ4n) is 3.05.